The lowest BCUT2D eigenvalue weighted by molar-refractivity contribution is 0.0705. The molecule has 0 bridgehead atoms. The lowest BCUT2D eigenvalue weighted by Crippen LogP contribution is -2.35. The van der Waals surface area contributed by atoms with Crippen molar-refractivity contribution in [3.05, 3.63) is 29.1 Å². The highest BCUT2D eigenvalue weighted by molar-refractivity contribution is 5.93. The molecule has 0 unspecified atom stereocenters. The van der Waals surface area contributed by atoms with Crippen molar-refractivity contribution in [2.75, 3.05) is 13.1 Å². The molecule has 0 aromatic carbocycles. The predicted octanol–water partition coefficient (Wildman–Crippen LogP) is 1.36. The fraction of sp³-hybridized carbons (Fsp3) is 0.571. The molecule has 1 amide bonds. The van der Waals surface area contributed by atoms with E-state index in [1.807, 2.05) is 6.07 Å². The van der Waals surface area contributed by atoms with E-state index in [4.69, 9.17) is 5.21 Å². The molecule has 5 nitrogen and oxygen atoms in total. The minimum atomic E-state index is -0.497. The Labute approximate surface area is 112 Å². The fourth-order valence-corrected chi connectivity index (χ4v) is 2.70. The summed E-state index contributed by atoms with van der Waals surface area (Å²) in [6.45, 7) is 5.37. The van der Waals surface area contributed by atoms with Gasteiger partial charge < -0.3 is 0 Å². The number of carbonyl (C=O) groups is 1. The maximum Gasteiger partial charge on any atom is 0.276 e. The number of nitrogens with one attached hydrogen (secondary N) is 1. The van der Waals surface area contributed by atoms with E-state index in [1.165, 1.54) is 19.0 Å². The van der Waals surface area contributed by atoms with Crippen LogP contribution in [0.15, 0.2) is 12.3 Å². The van der Waals surface area contributed by atoms with Gasteiger partial charge in [-0.1, -0.05) is 6.92 Å². The minimum absolute atomic E-state index is 0.420. The molecule has 1 aliphatic heterocycles. The number of aromatic nitrogens is 1. The van der Waals surface area contributed by atoms with E-state index in [-0.39, 0.29) is 0 Å². The zero-order valence-corrected chi connectivity index (χ0v) is 11.1. The Bertz CT molecular complexity index is 511. The van der Waals surface area contributed by atoms with Gasteiger partial charge in [-0.05, 0) is 36.3 Å². The highest BCUT2D eigenvalue weighted by Crippen LogP contribution is 2.45. The van der Waals surface area contributed by atoms with E-state index in [0.717, 1.165) is 37.3 Å². The number of pyridine rings is 1. The Kier molecular flexibility index (Phi) is 3.03. The van der Waals surface area contributed by atoms with Crippen LogP contribution in [0.3, 0.4) is 0 Å². The molecule has 1 aromatic heterocycles. The Balaban J connectivity index is 1.73. The van der Waals surface area contributed by atoms with Gasteiger partial charge in [-0.2, -0.15) is 0 Å². The molecule has 1 aromatic rings. The summed E-state index contributed by atoms with van der Waals surface area (Å²) in [6.07, 6.45) is 5.12. The van der Waals surface area contributed by atoms with Gasteiger partial charge in [0, 0.05) is 25.8 Å². The highest BCUT2D eigenvalue weighted by atomic mass is 16.5. The van der Waals surface area contributed by atoms with E-state index in [2.05, 4.69) is 16.8 Å². The minimum Gasteiger partial charge on any atom is -0.297 e. The summed E-state index contributed by atoms with van der Waals surface area (Å²) < 4.78 is 0. The van der Waals surface area contributed by atoms with Crippen molar-refractivity contribution in [2.45, 2.75) is 32.7 Å². The maximum absolute atomic E-state index is 11.3. The van der Waals surface area contributed by atoms with Crippen LogP contribution in [0.1, 0.15) is 41.4 Å². The van der Waals surface area contributed by atoms with Crippen molar-refractivity contribution < 1.29 is 10.0 Å². The average Bonchev–Trinajstić information content (AvgIpc) is 3.14. The predicted molar refractivity (Wildman–Crippen MR) is 69.8 cm³/mol. The van der Waals surface area contributed by atoms with Crippen LogP contribution >= 0.6 is 0 Å². The highest BCUT2D eigenvalue weighted by Gasteiger charge is 2.39. The Morgan fingerprint density at radius 2 is 2.37 bits per heavy atom. The molecule has 5 heteroatoms. The van der Waals surface area contributed by atoms with Gasteiger partial charge in [0.2, 0.25) is 0 Å². The zero-order chi connectivity index (χ0) is 13.5. The molecule has 19 heavy (non-hydrogen) atoms. The molecule has 1 fully saturated rings. The van der Waals surface area contributed by atoms with Crippen LogP contribution in [0, 0.1) is 5.41 Å². The second-order valence-electron chi connectivity index (χ2n) is 6.04. The van der Waals surface area contributed by atoms with Gasteiger partial charge in [-0.25, -0.2) is 5.48 Å². The van der Waals surface area contributed by atoms with Crippen molar-refractivity contribution in [1.82, 2.24) is 15.4 Å². The third-order valence-electron chi connectivity index (χ3n) is 4.20. The van der Waals surface area contributed by atoms with Gasteiger partial charge in [0.25, 0.3) is 5.91 Å². The monoisotopic (exact) mass is 261 g/mol. The first-order valence-electron chi connectivity index (χ1n) is 6.74. The zero-order valence-electron chi connectivity index (χ0n) is 11.1. The molecule has 0 spiro atoms. The first-order chi connectivity index (χ1) is 9.09. The summed E-state index contributed by atoms with van der Waals surface area (Å²) >= 11 is 0. The molecule has 102 valence electrons. The van der Waals surface area contributed by atoms with Gasteiger partial charge in [0.05, 0.1) is 11.3 Å². The first-order valence-corrected chi connectivity index (χ1v) is 6.74. The number of amides is 1. The van der Waals surface area contributed by atoms with E-state index >= 15 is 0 Å². The van der Waals surface area contributed by atoms with Gasteiger partial charge in [0.15, 0.2) is 0 Å². The smallest absolute Gasteiger partial charge is 0.276 e. The molecule has 0 radical (unpaired) electrons. The third kappa shape index (κ3) is 2.62. The maximum atomic E-state index is 11.3. The van der Waals surface area contributed by atoms with E-state index in [0.29, 0.717) is 11.0 Å². The SMILES string of the molecule is CC1(CN2CCc3cc(C(=O)NO)cnc3C2)CC1. The van der Waals surface area contributed by atoms with Crippen molar-refractivity contribution in [1.29, 1.82) is 0 Å². The number of carbonyl (C=O) groups excluding carboxylic acids is 1. The molecular weight excluding hydrogens is 242 g/mol. The molecule has 3 rings (SSSR count). The lowest BCUT2D eigenvalue weighted by atomic mass is 10.0. The van der Waals surface area contributed by atoms with Crippen LogP contribution in [0.4, 0.5) is 0 Å². The number of fused-ring (bicyclic) bond motifs is 1. The summed E-state index contributed by atoms with van der Waals surface area (Å²) in [4.78, 5) is 18.2. The van der Waals surface area contributed by atoms with E-state index in [9.17, 15) is 4.79 Å². The lowest BCUT2D eigenvalue weighted by Gasteiger charge is -2.30. The molecule has 2 heterocycles. The fourth-order valence-electron chi connectivity index (χ4n) is 2.70. The molecule has 0 saturated heterocycles. The van der Waals surface area contributed by atoms with Crippen molar-refractivity contribution in [3.8, 4) is 0 Å². The molecule has 2 N–H and O–H groups in total. The second-order valence-corrected chi connectivity index (χ2v) is 6.04. The molecule has 0 atom stereocenters. The summed E-state index contributed by atoms with van der Waals surface area (Å²) in [5, 5.41) is 8.63. The number of hydrogen-bond donors (Lipinski definition) is 2. The van der Waals surface area contributed by atoms with Gasteiger partial charge >= 0.3 is 0 Å². The largest absolute Gasteiger partial charge is 0.297 e. The van der Waals surface area contributed by atoms with Gasteiger partial charge in [-0.15, -0.1) is 0 Å². The standard InChI is InChI=1S/C14H19N3O2/c1-14(3-4-14)9-17-5-2-10-6-11(13(18)16-19)7-15-12(10)8-17/h6-7,19H,2-5,8-9H2,1H3,(H,16,18). The second kappa shape index (κ2) is 4.58. The van der Waals surface area contributed by atoms with Crippen LogP contribution in [0.2, 0.25) is 0 Å². The topological polar surface area (TPSA) is 65.5 Å². The molecule has 2 aliphatic rings. The number of hydrogen-bond acceptors (Lipinski definition) is 4. The van der Waals surface area contributed by atoms with Crippen molar-refractivity contribution >= 4 is 5.91 Å². The van der Waals surface area contributed by atoms with Crippen molar-refractivity contribution in [2.24, 2.45) is 5.41 Å². The number of rotatable bonds is 3. The van der Waals surface area contributed by atoms with Crippen LogP contribution in [-0.4, -0.2) is 34.1 Å². The quantitative estimate of drug-likeness (QED) is 0.637. The van der Waals surface area contributed by atoms with Gasteiger partial charge in [0.1, 0.15) is 0 Å². The molecular formula is C14H19N3O2. The van der Waals surface area contributed by atoms with Crippen molar-refractivity contribution in [3.63, 3.8) is 0 Å². The summed E-state index contributed by atoms with van der Waals surface area (Å²) in [5.41, 5.74) is 4.77. The van der Waals surface area contributed by atoms with Gasteiger partial charge in [-0.3, -0.25) is 19.9 Å². The van der Waals surface area contributed by atoms with E-state index in [1.54, 1.807) is 5.48 Å². The Morgan fingerprint density at radius 3 is 3.05 bits per heavy atom. The summed E-state index contributed by atoms with van der Waals surface area (Å²) in [6, 6.07) is 1.84. The normalized spacial score (nSPS) is 20.7. The first kappa shape index (κ1) is 12.6. The van der Waals surface area contributed by atoms with E-state index < -0.39 is 5.91 Å². The summed E-state index contributed by atoms with van der Waals surface area (Å²) in [7, 11) is 0. The van der Waals surface area contributed by atoms with Crippen LogP contribution in [0.5, 0.6) is 0 Å². The van der Waals surface area contributed by atoms with Crippen LogP contribution in [-0.2, 0) is 13.0 Å². The average molecular weight is 261 g/mol. The van der Waals surface area contributed by atoms with Crippen LogP contribution < -0.4 is 5.48 Å². The molecule has 1 saturated carbocycles. The third-order valence-corrected chi connectivity index (χ3v) is 4.20. The Hall–Kier alpha value is -1.46. The molecule has 1 aliphatic carbocycles. The summed E-state index contributed by atoms with van der Waals surface area (Å²) in [5.74, 6) is -0.497. The number of nitrogens with zero attached hydrogens (tertiary/aromatic N) is 2. The number of hydroxylamine groups is 1. The van der Waals surface area contributed by atoms with Crippen LogP contribution in [0.25, 0.3) is 0 Å². The Morgan fingerprint density at radius 1 is 1.58 bits per heavy atom.